The van der Waals surface area contributed by atoms with Gasteiger partial charge in [-0.3, -0.25) is 9.59 Å². The van der Waals surface area contributed by atoms with E-state index in [9.17, 15) is 14.4 Å². The molecule has 0 aliphatic carbocycles. The summed E-state index contributed by atoms with van der Waals surface area (Å²) < 4.78 is 5.40. The van der Waals surface area contributed by atoms with E-state index in [0.29, 0.717) is 17.5 Å². The van der Waals surface area contributed by atoms with Gasteiger partial charge in [0.05, 0.1) is 0 Å². The summed E-state index contributed by atoms with van der Waals surface area (Å²) in [4.78, 5) is 41.8. The van der Waals surface area contributed by atoms with Gasteiger partial charge in [-0.25, -0.2) is 4.79 Å². The summed E-state index contributed by atoms with van der Waals surface area (Å²) >= 11 is 0. The first-order valence-corrected chi connectivity index (χ1v) is 12.2. The summed E-state index contributed by atoms with van der Waals surface area (Å²) in [5.74, 6) is 1.68. The van der Waals surface area contributed by atoms with E-state index in [1.54, 1.807) is 49.9 Å². The van der Waals surface area contributed by atoms with Gasteiger partial charge >= 0.3 is 6.09 Å². The van der Waals surface area contributed by atoms with E-state index in [2.05, 4.69) is 16.6 Å². The van der Waals surface area contributed by atoms with Gasteiger partial charge in [0.1, 0.15) is 17.7 Å². The lowest BCUT2D eigenvalue weighted by atomic mass is 9.95. The third-order valence-corrected chi connectivity index (χ3v) is 5.34. The molecule has 3 amide bonds. The number of hydrogen-bond acceptors (Lipinski definition) is 4. The molecule has 1 rings (SSSR count). The quantitative estimate of drug-likeness (QED) is 0.518. The summed E-state index contributed by atoms with van der Waals surface area (Å²) in [5.41, 5.74) is 0.0969. The van der Waals surface area contributed by atoms with Crippen molar-refractivity contribution in [1.29, 1.82) is 0 Å². The molecule has 1 aromatic rings. The molecule has 0 radical (unpaired) electrons. The molecule has 0 saturated carbocycles. The molecule has 0 fully saturated rings. The molecule has 1 aromatic carbocycles. The number of nitrogens with zero attached hydrogens (tertiary/aromatic N) is 1. The molecule has 194 valence electrons. The fourth-order valence-electron chi connectivity index (χ4n) is 3.54. The first-order chi connectivity index (χ1) is 16.0. The number of benzene rings is 1. The topological polar surface area (TPSA) is 87.7 Å². The summed E-state index contributed by atoms with van der Waals surface area (Å²) in [5, 5.41) is 5.75. The van der Waals surface area contributed by atoms with E-state index >= 15 is 0 Å². The van der Waals surface area contributed by atoms with Gasteiger partial charge in [-0.15, -0.1) is 6.42 Å². The molecule has 7 heteroatoms. The van der Waals surface area contributed by atoms with Crippen LogP contribution in [0.2, 0.25) is 0 Å². The number of alkyl carbamates (subject to hydrolysis) is 1. The summed E-state index contributed by atoms with van der Waals surface area (Å²) in [6.07, 6.45) is 5.45. The molecule has 0 spiro atoms. The van der Waals surface area contributed by atoms with Gasteiger partial charge in [-0.05, 0) is 78.5 Å². The molecule has 35 heavy (non-hydrogen) atoms. The van der Waals surface area contributed by atoms with Crippen LogP contribution in [0.3, 0.4) is 0 Å². The van der Waals surface area contributed by atoms with Crippen molar-refractivity contribution in [3.63, 3.8) is 0 Å². The molecule has 0 heterocycles. The molecular formula is C28H43N3O4. The van der Waals surface area contributed by atoms with Crippen LogP contribution in [0.15, 0.2) is 24.3 Å². The summed E-state index contributed by atoms with van der Waals surface area (Å²) in [6, 6.07) is 4.98. The highest BCUT2D eigenvalue weighted by atomic mass is 16.6. The lowest BCUT2D eigenvalue weighted by Crippen LogP contribution is -2.58. The van der Waals surface area contributed by atoms with Crippen LogP contribution in [0, 0.1) is 18.3 Å². The largest absolute Gasteiger partial charge is 0.444 e. The second kappa shape index (κ2) is 12.1. The minimum absolute atomic E-state index is 0.239. The van der Waals surface area contributed by atoms with Crippen molar-refractivity contribution in [3.8, 4) is 12.3 Å². The van der Waals surface area contributed by atoms with Crippen LogP contribution in [0.4, 0.5) is 4.79 Å². The predicted octanol–water partition coefficient (Wildman–Crippen LogP) is 4.80. The number of ether oxygens (including phenoxy) is 1. The van der Waals surface area contributed by atoms with Crippen molar-refractivity contribution in [2.24, 2.45) is 5.92 Å². The normalized spacial score (nSPS) is 14.3. The monoisotopic (exact) mass is 485 g/mol. The number of rotatable bonds is 8. The van der Waals surface area contributed by atoms with Crippen molar-refractivity contribution < 1.29 is 19.1 Å². The lowest BCUT2D eigenvalue weighted by molar-refractivity contribution is -0.146. The van der Waals surface area contributed by atoms with Crippen LogP contribution >= 0.6 is 0 Å². The fraction of sp³-hybridized carbons (Fsp3) is 0.607. The predicted molar refractivity (Wildman–Crippen MR) is 140 cm³/mol. The Bertz CT molecular complexity index is 917. The summed E-state index contributed by atoms with van der Waals surface area (Å²) in [7, 11) is 0. The van der Waals surface area contributed by atoms with E-state index in [0.717, 1.165) is 0 Å². The van der Waals surface area contributed by atoms with Gasteiger partial charge in [-0.1, -0.05) is 38.8 Å². The maximum Gasteiger partial charge on any atom is 0.408 e. The van der Waals surface area contributed by atoms with Gasteiger partial charge in [-0.2, -0.15) is 0 Å². The number of amides is 3. The van der Waals surface area contributed by atoms with Crippen LogP contribution < -0.4 is 10.6 Å². The third-order valence-electron chi connectivity index (χ3n) is 5.34. The molecule has 0 aliphatic heterocycles. The summed E-state index contributed by atoms with van der Waals surface area (Å²) in [6.45, 7) is 18.5. The van der Waals surface area contributed by atoms with Crippen LogP contribution in [0.1, 0.15) is 92.8 Å². The standard InChI is InChI=1S/C28H43N3O4/c1-12-19(5)31(25(33)22(18(3)4)29-26(34)35-28(9,10)11)23(24(32)30-27(6,7)8)21-16-14-20(13-2)15-17-21/h2,14-19,22-23H,12H2,1,3-11H3,(H,29,34)(H,30,32). The minimum atomic E-state index is -0.912. The van der Waals surface area contributed by atoms with Crippen molar-refractivity contribution in [1.82, 2.24) is 15.5 Å². The molecule has 0 saturated heterocycles. The van der Waals surface area contributed by atoms with Crippen molar-refractivity contribution in [2.75, 3.05) is 0 Å². The Morgan fingerprint density at radius 3 is 1.97 bits per heavy atom. The number of carbonyl (C=O) groups is 3. The smallest absolute Gasteiger partial charge is 0.408 e. The number of hydrogen-bond donors (Lipinski definition) is 2. The average molecular weight is 486 g/mol. The number of terminal acetylenes is 1. The second-order valence-corrected chi connectivity index (χ2v) is 11.3. The molecule has 0 aromatic heterocycles. The third kappa shape index (κ3) is 9.28. The maximum atomic E-state index is 14.0. The Balaban J connectivity index is 3.56. The molecule has 0 aliphatic rings. The molecule has 7 nitrogen and oxygen atoms in total. The first kappa shape index (κ1) is 30.0. The van der Waals surface area contributed by atoms with Crippen LogP contribution in [-0.4, -0.2) is 46.0 Å². The second-order valence-electron chi connectivity index (χ2n) is 11.3. The minimum Gasteiger partial charge on any atom is -0.444 e. The molecule has 0 bridgehead atoms. The molecule has 2 N–H and O–H groups in total. The highest BCUT2D eigenvalue weighted by molar-refractivity contribution is 5.92. The van der Waals surface area contributed by atoms with Gasteiger partial charge < -0.3 is 20.3 Å². The Hall–Kier alpha value is -3.01. The first-order valence-electron chi connectivity index (χ1n) is 12.2. The fourth-order valence-corrected chi connectivity index (χ4v) is 3.54. The van der Waals surface area contributed by atoms with E-state index in [4.69, 9.17) is 11.2 Å². The Morgan fingerprint density at radius 2 is 1.57 bits per heavy atom. The average Bonchev–Trinajstić information content (AvgIpc) is 2.72. The molecular weight excluding hydrogens is 442 g/mol. The SMILES string of the molecule is C#Cc1ccc(C(C(=O)NC(C)(C)C)N(C(=O)C(NC(=O)OC(C)(C)C)C(C)C)C(C)CC)cc1. The zero-order valence-corrected chi connectivity index (χ0v) is 23.0. The number of carbonyl (C=O) groups excluding carboxylic acids is 3. The van der Waals surface area contributed by atoms with Gasteiger partial charge in [0.2, 0.25) is 11.8 Å². The van der Waals surface area contributed by atoms with E-state index in [1.807, 2.05) is 48.5 Å². The van der Waals surface area contributed by atoms with Crippen LogP contribution in [-0.2, 0) is 14.3 Å². The Kier molecular flexibility index (Phi) is 10.4. The van der Waals surface area contributed by atoms with Crippen LogP contribution in [0.25, 0.3) is 0 Å². The maximum absolute atomic E-state index is 14.0. The Labute approximate surface area is 211 Å². The molecule has 3 unspecified atom stereocenters. The molecule has 3 atom stereocenters. The number of nitrogens with one attached hydrogen (secondary N) is 2. The van der Waals surface area contributed by atoms with Crippen LogP contribution in [0.5, 0.6) is 0 Å². The van der Waals surface area contributed by atoms with E-state index < -0.39 is 29.3 Å². The van der Waals surface area contributed by atoms with Gasteiger partial charge in [0.25, 0.3) is 0 Å². The van der Waals surface area contributed by atoms with Crippen molar-refractivity contribution in [3.05, 3.63) is 35.4 Å². The van der Waals surface area contributed by atoms with E-state index in [-0.39, 0.29) is 23.8 Å². The zero-order chi connectivity index (χ0) is 27.1. The highest BCUT2D eigenvalue weighted by Crippen LogP contribution is 2.28. The Morgan fingerprint density at radius 1 is 1.03 bits per heavy atom. The van der Waals surface area contributed by atoms with Crippen molar-refractivity contribution in [2.45, 2.75) is 105 Å². The van der Waals surface area contributed by atoms with Gasteiger partial charge in [0, 0.05) is 17.1 Å². The van der Waals surface area contributed by atoms with Gasteiger partial charge in [0.15, 0.2) is 0 Å². The van der Waals surface area contributed by atoms with Crippen molar-refractivity contribution >= 4 is 17.9 Å². The zero-order valence-electron chi connectivity index (χ0n) is 23.0. The lowest BCUT2D eigenvalue weighted by Gasteiger charge is -2.40. The van der Waals surface area contributed by atoms with E-state index in [1.165, 1.54) is 0 Å². The highest BCUT2D eigenvalue weighted by Gasteiger charge is 2.40.